The summed E-state index contributed by atoms with van der Waals surface area (Å²) in [6, 6.07) is 10.4. The highest BCUT2D eigenvalue weighted by atomic mass is 35.5. The van der Waals surface area contributed by atoms with Crippen molar-refractivity contribution in [2.45, 2.75) is 25.1 Å². The SMILES string of the molecule is COc1cccc([C@H](NC(=O)CCc2ccccc2Cl)C(F)(F)F)c1. The normalized spacial score (nSPS) is 12.5. The molecule has 0 aliphatic rings. The number of carbonyl (C=O) groups is 1. The summed E-state index contributed by atoms with van der Waals surface area (Å²) >= 11 is 5.99. The van der Waals surface area contributed by atoms with Crippen LogP contribution in [-0.4, -0.2) is 19.2 Å². The smallest absolute Gasteiger partial charge is 0.412 e. The Labute approximate surface area is 148 Å². The molecule has 1 amide bonds. The second kappa shape index (κ2) is 8.25. The van der Waals surface area contributed by atoms with E-state index in [9.17, 15) is 18.0 Å². The minimum atomic E-state index is -4.62. The molecule has 3 nitrogen and oxygen atoms in total. The summed E-state index contributed by atoms with van der Waals surface area (Å²) in [6.45, 7) is 0. The van der Waals surface area contributed by atoms with Crippen molar-refractivity contribution in [3.8, 4) is 5.75 Å². The van der Waals surface area contributed by atoms with Gasteiger partial charge in [0.1, 0.15) is 5.75 Å². The number of hydrogen-bond acceptors (Lipinski definition) is 2. The average molecular weight is 372 g/mol. The first-order chi connectivity index (χ1) is 11.8. The van der Waals surface area contributed by atoms with Crippen LogP contribution in [0.5, 0.6) is 5.75 Å². The predicted molar refractivity (Wildman–Crippen MR) is 89.7 cm³/mol. The fourth-order valence-corrected chi connectivity index (χ4v) is 2.59. The van der Waals surface area contributed by atoms with Gasteiger partial charge in [0.25, 0.3) is 0 Å². The zero-order chi connectivity index (χ0) is 18.4. The minimum Gasteiger partial charge on any atom is -0.497 e. The van der Waals surface area contributed by atoms with Crippen LogP contribution in [0.1, 0.15) is 23.6 Å². The molecule has 2 aromatic carbocycles. The molecular weight excluding hydrogens is 355 g/mol. The molecule has 0 radical (unpaired) electrons. The van der Waals surface area contributed by atoms with E-state index in [1.807, 2.05) is 0 Å². The van der Waals surface area contributed by atoms with Crippen LogP contribution in [0.4, 0.5) is 13.2 Å². The lowest BCUT2D eigenvalue weighted by atomic mass is 10.0. The number of carbonyl (C=O) groups excluding carboxylic acids is 1. The molecule has 0 heterocycles. The van der Waals surface area contributed by atoms with Crippen molar-refractivity contribution in [3.63, 3.8) is 0 Å². The van der Waals surface area contributed by atoms with Crippen molar-refractivity contribution in [1.29, 1.82) is 0 Å². The molecule has 1 atom stereocenters. The van der Waals surface area contributed by atoms with Gasteiger partial charge in [-0.25, -0.2) is 0 Å². The first kappa shape index (κ1) is 19.1. The van der Waals surface area contributed by atoms with Gasteiger partial charge in [-0.2, -0.15) is 13.2 Å². The van der Waals surface area contributed by atoms with Crippen LogP contribution in [0.2, 0.25) is 5.02 Å². The molecule has 2 rings (SSSR count). The molecule has 0 aliphatic carbocycles. The van der Waals surface area contributed by atoms with E-state index >= 15 is 0 Å². The topological polar surface area (TPSA) is 38.3 Å². The molecule has 1 N–H and O–H groups in total. The van der Waals surface area contributed by atoms with E-state index < -0.39 is 18.1 Å². The molecule has 25 heavy (non-hydrogen) atoms. The largest absolute Gasteiger partial charge is 0.497 e. The lowest BCUT2D eigenvalue weighted by molar-refractivity contribution is -0.163. The fraction of sp³-hybridized carbons (Fsp3) is 0.278. The number of aryl methyl sites for hydroxylation is 1. The van der Waals surface area contributed by atoms with Crippen LogP contribution >= 0.6 is 11.6 Å². The Morgan fingerprint density at radius 1 is 1.20 bits per heavy atom. The zero-order valence-electron chi connectivity index (χ0n) is 13.4. The van der Waals surface area contributed by atoms with Crippen molar-refractivity contribution in [2.24, 2.45) is 0 Å². The van der Waals surface area contributed by atoms with E-state index in [0.29, 0.717) is 10.6 Å². The number of alkyl halides is 3. The fourth-order valence-electron chi connectivity index (χ4n) is 2.36. The third-order valence-corrected chi connectivity index (χ3v) is 4.01. The highest BCUT2D eigenvalue weighted by molar-refractivity contribution is 6.31. The van der Waals surface area contributed by atoms with E-state index in [0.717, 1.165) is 0 Å². The first-order valence-electron chi connectivity index (χ1n) is 7.54. The van der Waals surface area contributed by atoms with Gasteiger partial charge in [-0.15, -0.1) is 0 Å². The van der Waals surface area contributed by atoms with E-state index in [2.05, 4.69) is 5.32 Å². The number of ether oxygens (including phenoxy) is 1. The molecule has 0 saturated heterocycles. The summed E-state index contributed by atoms with van der Waals surface area (Å²) in [4.78, 5) is 12.0. The zero-order valence-corrected chi connectivity index (χ0v) is 14.2. The summed E-state index contributed by atoms with van der Waals surface area (Å²) in [5.74, 6) is -0.415. The summed E-state index contributed by atoms with van der Waals surface area (Å²) in [5, 5.41) is 2.53. The molecule has 134 valence electrons. The lowest BCUT2D eigenvalue weighted by Gasteiger charge is -2.22. The highest BCUT2D eigenvalue weighted by Gasteiger charge is 2.41. The van der Waals surface area contributed by atoms with E-state index in [4.69, 9.17) is 16.3 Å². The number of nitrogens with one attached hydrogen (secondary N) is 1. The van der Waals surface area contributed by atoms with Gasteiger partial charge < -0.3 is 10.1 Å². The van der Waals surface area contributed by atoms with Crippen molar-refractivity contribution < 1.29 is 22.7 Å². The number of benzene rings is 2. The Kier molecular flexibility index (Phi) is 6.31. The van der Waals surface area contributed by atoms with E-state index in [1.165, 1.54) is 31.4 Å². The number of hydrogen-bond donors (Lipinski definition) is 1. The molecule has 0 saturated carbocycles. The summed E-state index contributed by atoms with van der Waals surface area (Å²) in [7, 11) is 1.36. The highest BCUT2D eigenvalue weighted by Crippen LogP contribution is 2.34. The van der Waals surface area contributed by atoms with Crippen LogP contribution in [0, 0.1) is 0 Å². The Bertz CT molecular complexity index is 734. The quantitative estimate of drug-likeness (QED) is 0.799. The van der Waals surface area contributed by atoms with E-state index in [-0.39, 0.29) is 24.2 Å². The van der Waals surface area contributed by atoms with Crippen LogP contribution in [-0.2, 0) is 11.2 Å². The molecule has 7 heteroatoms. The third kappa shape index (κ3) is 5.39. The van der Waals surface area contributed by atoms with Gasteiger partial charge in [-0.05, 0) is 35.7 Å². The number of halogens is 4. The van der Waals surface area contributed by atoms with Crippen molar-refractivity contribution in [3.05, 3.63) is 64.7 Å². The monoisotopic (exact) mass is 371 g/mol. The first-order valence-corrected chi connectivity index (χ1v) is 7.92. The van der Waals surface area contributed by atoms with Gasteiger partial charge in [0.15, 0.2) is 6.04 Å². The van der Waals surface area contributed by atoms with Crippen molar-refractivity contribution >= 4 is 17.5 Å². The van der Waals surface area contributed by atoms with Crippen LogP contribution in [0.3, 0.4) is 0 Å². The van der Waals surface area contributed by atoms with Crippen molar-refractivity contribution in [2.75, 3.05) is 7.11 Å². The number of methoxy groups -OCH3 is 1. The van der Waals surface area contributed by atoms with Gasteiger partial charge >= 0.3 is 6.18 Å². The van der Waals surface area contributed by atoms with Crippen LogP contribution < -0.4 is 10.1 Å². The van der Waals surface area contributed by atoms with Gasteiger partial charge in [0.05, 0.1) is 7.11 Å². The Hall–Kier alpha value is -2.21. The third-order valence-electron chi connectivity index (χ3n) is 3.64. The molecule has 0 aromatic heterocycles. The Morgan fingerprint density at radius 3 is 2.56 bits per heavy atom. The molecule has 0 bridgehead atoms. The molecular formula is C18H17ClF3NO2. The number of rotatable bonds is 6. The summed E-state index contributed by atoms with van der Waals surface area (Å²) < 4.78 is 45.0. The maximum absolute atomic E-state index is 13.4. The van der Waals surface area contributed by atoms with Gasteiger partial charge in [-0.1, -0.05) is 41.9 Å². The maximum Gasteiger partial charge on any atom is 0.412 e. The second-order valence-corrected chi connectivity index (χ2v) is 5.82. The Balaban J connectivity index is 2.09. The lowest BCUT2D eigenvalue weighted by Crippen LogP contribution is -2.38. The van der Waals surface area contributed by atoms with Crippen LogP contribution in [0.15, 0.2) is 48.5 Å². The van der Waals surface area contributed by atoms with Crippen molar-refractivity contribution in [1.82, 2.24) is 5.32 Å². The van der Waals surface area contributed by atoms with Crippen LogP contribution in [0.25, 0.3) is 0 Å². The van der Waals surface area contributed by atoms with Gasteiger partial charge in [-0.3, -0.25) is 4.79 Å². The maximum atomic E-state index is 13.4. The molecule has 0 spiro atoms. The molecule has 0 unspecified atom stereocenters. The standard InChI is InChI=1S/C18H17ClF3NO2/c1-25-14-7-4-6-13(11-14)17(18(20,21)22)23-16(24)10-9-12-5-2-3-8-15(12)19/h2-8,11,17H,9-10H2,1H3,(H,23,24)/t17-/m0/s1. The van der Waals surface area contributed by atoms with E-state index in [1.54, 1.807) is 24.3 Å². The second-order valence-electron chi connectivity index (χ2n) is 5.41. The Morgan fingerprint density at radius 2 is 1.92 bits per heavy atom. The predicted octanol–water partition coefficient (Wildman–Crippen LogP) is 4.70. The average Bonchev–Trinajstić information content (AvgIpc) is 2.58. The number of amides is 1. The molecule has 0 fully saturated rings. The van der Waals surface area contributed by atoms with Gasteiger partial charge in [0.2, 0.25) is 5.91 Å². The molecule has 0 aliphatic heterocycles. The molecule has 2 aromatic rings. The minimum absolute atomic E-state index is 0.0852. The van der Waals surface area contributed by atoms with Gasteiger partial charge in [0, 0.05) is 11.4 Å². The summed E-state index contributed by atoms with van der Waals surface area (Å²) in [5.41, 5.74) is 0.627. The summed E-state index contributed by atoms with van der Waals surface area (Å²) in [6.07, 6.45) is -4.46.